The van der Waals surface area contributed by atoms with Gasteiger partial charge in [-0.3, -0.25) is 4.79 Å². The number of hydrogen-bond acceptors (Lipinski definition) is 1. The van der Waals surface area contributed by atoms with Crippen molar-refractivity contribution in [2.45, 2.75) is 19.3 Å². The first-order valence-electron chi connectivity index (χ1n) is 6.87. The van der Waals surface area contributed by atoms with Crippen molar-refractivity contribution in [3.05, 3.63) is 71.3 Å². The van der Waals surface area contributed by atoms with E-state index >= 15 is 0 Å². The Morgan fingerprint density at radius 3 is 1.76 bits per heavy atom. The predicted molar refractivity (Wildman–Crippen MR) is 77.9 cm³/mol. The van der Waals surface area contributed by atoms with Crippen LogP contribution in [0.2, 0.25) is 0 Å². The molecule has 2 aromatic rings. The Kier molecular flexibility index (Phi) is 5.04. The van der Waals surface area contributed by atoms with E-state index in [2.05, 4.69) is 5.32 Å². The summed E-state index contributed by atoms with van der Waals surface area (Å²) in [6.07, 6.45) is 0.402. The molecule has 4 heteroatoms. The number of carbonyl (C=O) groups excluding carboxylic acids is 1. The van der Waals surface area contributed by atoms with Gasteiger partial charge in [0.05, 0.1) is 0 Å². The van der Waals surface area contributed by atoms with Gasteiger partial charge in [0.1, 0.15) is 11.6 Å². The molecule has 0 radical (unpaired) electrons. The Labute approximate surface area is 122 Å². The minimum Gasteiger partial charge on any atom is -0.355 e. The summed E-state index contributed by atoms with van der Waals surface area (Å²) in [5.41, 5.74) is 1.75. The van der Waals surface area contributed by atoms with Gasteiger partial charge in [-0.2, -0.15) is 0 Å². The highest BCUT2D eigenvalue weighted by molar-refractivity contribution is 5.75. The molecule has 1 N–H and O–H groups in total. The summed E-state index contributed by atoms with van der Waals surface area (Å²) in [4.78, 5) is 11.5. The first kappa shape index (κ1) is 15.2. The van der Waals surface area contributed by atoms with Gasteiger partial charge in [-0.05, 0) is 35.4 Å². The zero-order chi connectivity index (χ0) is 15.2. The number of halogens is 2. The van der Waals surface area contributed by atoms with Gasteiger partial charge in [-0.1, -0.05) is 31.2 Å². The molecule has 21 heavy (non-hydrogen) atoms. The fraction of sp³-hybridized carbons (Fsp3) is 0.235. The Hall–Kier alpha value is -2.23. The Balaban J connectivity index is 2.27. The minimum atomic E-state index is -0.311. The number of amides is 1. The molecular weight excluding hydrogens is 272 g/mol. The van der Waals surface area contributed by atoms with E-state index in [-0.39, 0.29) is 23.5 Å². The summed E-state index contributed by atoms with van der Waals surface area (Å²) in [6.45, 7) is 2.17. The van der Waals surface area contributed by atoms with Crippen LogP contribution < -0.4 is 5.32 Å². The number of hydrogen-bond donors (Lipinski definition) is 1. The van der Waals surface area contributed by atoms with Crippen LogP contribution in [0.4, 0.5) is 8.78 Å². The van der Waals surface area contributed by atoms with E-state index in [1.807, 2.05) is 0 Å². The third-order valence-corrected chi connectivity index (χ3v) is 3.37. The van der Waals surface area contributed by atoms with Crippen molar-refractivity contribution in [1.29, 1.82) is 0 Å². The maximum absolute atomic E-state index is 13.1. The molecule has 0 aromatic heterocycles. The lowest BCUT2D eigenvalue weighted by Crippen LogP contribution is -2.28. The molecule has 0 bridgehead atoms. The molecule has 0 atom stereocenters. The topological polar surface area (TPSA) is 29.1 Å². The molecule has 1 amide bonds. The van der Waals surface area contributed by atoms with Crippen molar-refractivity contribution in [3.63, 3.8) is 0 Å². The summed E-state index contributed by atoms with van der Waals surface area (Å²) in [6, 6.07) is 12.3. The molecular formula is C17H17F2NO. The average molecular weight is 289 g/mol. The second-order valence-corrected chi connectivity index (χ2v) is 4.81. The maximum atomic E-state index is 13.1. The monoisotopic (exact) mass is 289 g/mol. The normalized spacial score (nSPS) is 10.7. The van der Waals surface area contributed by atoms with E-state index in [1.165, 1.54) is 24.3 Å². The molecule has 0 saturated heterocycles. The minimum absolute atomic E-state index is 0.0516. The van der Waals surface area contributed by atoms with Crippen molar-refractivity contribution in [2.24, 2.45) is 0 Å². The van der Waals surface area contributed by atoms with Crippen LogP contribution in [-0.4, -0.2) is 12.5 Å². The Morgan fingerprint density at radius 1 is 0.952 bits per heavy atom. The molecule has 0 saturated carbocycles. The molecule has 0 fully saturated rings. The molecule has 2 aromatic carbocycles. The van der Waals surface area contributed by atoms with E-state index in [4.69, 9.17) is 0 Å². The van der Waals surface area contributed by atoms with E-state index < -0.39 is 0 Å². The van der Waals surface area contributed by atoms with Crippen molar-refractivity contribution >= 4 is 5.91 Å². The van der Waals surface area contributed by atoms with Crippen LogP contribution in [0.3, 0.4) is 0 Å². The Bertz CT molecular complexity index is 548. The summed E-state index contributed by atoms with van der Waals surface area (Å²) >= 11 is 0. The zero-order valence-corrected chi connectivity index (χ0v) is 11.8. The van der Waals surface area contributed by atoms with E-state index in [9.17, 15) is 13.6 Å². The molecule has 0 aliphatic heterocycles. The van der Waals surface area contributed by atoms with Gasteiger partial charge in [-0.15, -0.1) is 0 Å². The lowest BCUT2D eigenvalue weighted by molar-refractivity contribution is -0.120. The molecule has 0 heterocycles. The van der Waals surface area contributed by atoms with Crippen LogP contribution in [0.5, 0.6) is 0 Å². The maximum Gasteiger partial charge on any atom is 0.219 e. The number of nitrogens with one attached hydrogen (secondary N) is 1. The highest BCUT2D eigenvalue weighted by Crippen LogP contribution is 2.24. The lowest BCUT2D eigenvalue weighted by Gasteiger charge is -2.19. The quantitative estimate of drug-likeness (QED) is 0.895. The van der Waals surface area contributed by atoms with Gasteiger partial charge in [0.25, 0.3) is 0 Å². The first-order chi connectivity index (χ1) is 10.1. The smallest absolute Gasteiger partial charge is 0.219 e. The van der Waals surface area contributed by atoms with Crippen molar-refractivity contribution in [3.8, 4) is 0 Å². The van der Waals surface area contributed by atoms with E-state index in [0.717, 1.165) is 11.1 Å². The zero-order valence-electron chi connectivity index (χ0n) is 11.8. The SMILES string of the molecule is CCC(=O)NCC(c1ccc(F)cc1)c1ccc(F)cc1. The van der Waals surface area contributed by atoms with Gasteiger partial charge >= 0.3 is 0 Å². The lowest BCUT2D eigenvalue weighted by atomic mass is 9.91. The average Bonchev–Trinajstić information content (AvgIpc) is 2.50. The van der Waals surface area contributed by atoms with Crippen LogP contribution in [0.25, 0.3) is 0 Å². The van der Waals surface area contributed by atoms with Crippen molar-refractivity contribution in [1.82, 2.24) is 5.32 Å². The molecule has 0 aliphatic rings. The molecule has 0 spiro atoms. The molecule has 0 aliphatic carbocycles. The van der Waals surface area contributed by atoms with Gasteiger partial charge in [0.15, 0.2) is 0 Å². The van der Waals surface area contributed by atoms with Gasteiger partial charge in [-0.25, -0.2) is 8.78 Å². The van der Waals surface area contributed by atoms with Gasteiger partial charge < -0.3 is 5.32 Å². The molecule has 2 nitrogen and oxygen atoms in total. The van der Waals surface area contributed by atoms with Crippen LogP contribution >= 0.6 is 0 Å². The molecule has 2 rings (SSSR count). The van der Waals surface area contributed by atoms with Crippen LogP contribution in [0.1, 0.15) is 30.4 Å². The summed E-state index contributed by atoms with van der Waals surface area (Å²) in [5, 5.41) is 2.83. The predicted octanol–water partition coefficient (Wildman–Crippen LogP) is 3.62. The number of benzene rings is 2. The summed E-state index contributed by atoms with van der Waals surface area (Å²) in [7, 11) is 0. The highest BCUT2D eigenvalue weighted by atomic mass is 19.1. The van der Waals surface area contributed by atoms with E-state index in [0.29, 0.717) is 13.0 Å². The first-order valence-corrected chi connectivity index (χ1v) is 6.87. The second-order valence-electron chi connectivity index (χ2n) is 4.81. The second kappa shape index (κ2) is 6.97. The van der Waals surface area contributed by atoms with Gasteiger partial charge in [0.2, 0.25) is 5.91 Å². The summed E-state index contributed by atoms with van der Waals surface area (Å²) in [5.74, 6) is -0.811. The number of carbonyl (C=O) groups is 1. The van der Waals surface area contributed by atoms with Crippen LogP contribution in [0, 0.1) is 11.6 Å². The summed E-state index contributed by atoms with van der Waals surface area (Å²) < 4.78 is 26.1. The van der Waals surface area contributed by atoms with E-state index in [1.54, 1.807) is 31.2 Å². The largest absolute Gasteiger partial charge is 0.355 e. The van der Waals surface area contributed by atoms with Gasteiger partial charge in [0, 0.05) is 18.9 Å². The molecule has 0 unspecified atom stereocenters. The fourth-order valence-electron chi connectivity index (χ4n) is 2.16. The number of rotatable bonds is 5. The van der Waals surface area contributed by atoms with Crippen LogP contribution in [-0.2, 0) is 4.79 Å². The third-order valence-electron chi connectivity index (χ3n) is 3.37. The highest BCUT2D eigenvalue weighted by Gasteiger charge is 2.15. The molecule has 110 valence electrons. The Morgan fingerprint density at radius 2 is 1.38 bits per heavy atom. The standard InChI is InChI=1S/C17H17F2NO/c1-2-17(21)20-11-16(12-3-7-14(18)8-4-12)13-5-9-15(19)10-6-13/h3-10,16H,2,11H2,1H3,(H,20,21). The van der Waals surface area contributed by atoms with Crippen molar-refractivity contribution < 1.29 is 13.6 Å². The van der Waals surface area contributed by atoms with Crippen molar-refractivity contribution in [2.75, 3.05) is 6.54 Å². The fourth-order valence-corrected chi connectivity index (χ4v) is 2.16. The van der Waals surface area contributed by atoms with Crippen LogP contribution in [0.15, 0.2) is 48.5 Å². The third kappa shape index (κ3) is 4.12.